The van der Waals surface area contributed by atoms with Crippen LogP contribution in [0.4, 0.5) is 0 Å². The summed E-state index contributed by atoms with van der Waals surface area (Å²) in [5.41, 5.74) is 1.13. The summed E-state index contributed by atoms with van der Waals surface area (Å²) in [5.74, 6) is -0.501. The maximum absolute atomic E-state index is 14.6. The van der Waals surface area contributed by atoms with E-state index in [2.05, 4.69) is 20.0 Å². The Labute approximate surface area is 254 Å². The van der Waals surface area contributed by atoms with Gasteiger partial charge in [-0.25, -0.2) is 22.4 Å². The number of allylic oxidation sites excluding steroid dienone is 3. The van der Waals surface area contributed by atoms with Crippen molar-refractivity contribution >= 4 is 44.0 Å². The Morgan fingerprint density at radius 2 is 1.93 bits per heavy atom. The summed E-state index contributed by atoms with van der Waals surface area (Å²) in [6, 6.07) is 3.65. The molecule has 0 radical (unpaired) electrons. The molecule has 2 aliphatic carbocycles. The zero-order chi connectivity index (χ0) is 29.1. The lowest BCUT2D eigenvalue weighted by Crippen LogP contribution is -2.43. The van der Waals surface area contributed by atoms with Gasteiger partial charge in [-0.05, 0) is 82.0 Å². The second kappa shape index (κ2) is 10.4. The lowest BCUT2D eigenvalue weighted by atomic mass is 9.81. The zero-order valence-corrected chi connectivity index (χ0v) is 25.7. The van der Waals surface area contributed by atoms with Gasteiger partial charge in [0, 0.05) is 53.2 Å². The van der Waals surface area contributed by atoms with Crippen molar-refractivity contribution in [3.8, 4) is 10.4 Å². The smallest absolute Gasteiger partial charge is 0.250 e. The largest absolute Gasteiger partial charge is 0.383 e. The second-order valence-corrected chi connectivity index (χ2v) is 15.5. The first-order chi connectivity index (χ1) is 20.2. The fourth-order valence-electron chi connectivity index (χ4n) is 6.36. The number of likely N-dealkylation sites (tertiary alicyclic amines) is 1. The molecule has 4 aromatic heterocycles. The molecule has 0 amide bonds. The number of rotatable bonds is 8. The number of hydrogen-bond acceptors (Lipinski definition) is 8. The first kappa shape index (κ1) is 28.0. The van der Waals surface area contributed by atoms with Crippen molar-refractivity contribution in [2.45, 2.75) is 61.8 Å². The highest BCUT2D eigenvalue weighted by molar-refractivity contribution is 7.91. The predicted octanol–water partition coefficient (Wildman–Crippen LogP) is 5.24. The van der Waals surface area contributed by atoms with Gasteiger partial charge in [0.15, 0.2) is 5.65 Å². The molecule has 1 N–H and O–H groups in total. The molecule has 1 saturated heterocycles. The quantitative estimate of drug-likeness (QED) is 0.286. The van der Waals surface area contributed by atoms with Crippen LogP contribution in [-0.4, -0.2) is 66.5 Å². The lowest BCUT2D eigenvalue weighted by Gasteiger charge is -2.35. The molecule has 2 unspecified atom stereocenters. The molecule has 0 spiro atoms. The minimum absolute atomic E-state index is 0.338. The van der Waals surface area contributed by atoms with Gasteiger partial charge in [-0.3, -0.25) is 4.68 Å². The molecule has 1 saturated carbocycles. The number of fused-ring (bicyclic) bond motifs is 1. The van der Waals surface area contributed by atoms with Crippen LogP contribution < -0.4 is 0 Å². The molecule has 9 nitrogen and oxygen atoms in total. The van der Waals surface area contributed by atoms with Gasteiger partial charge in [0.25, 0.3) is 0 Å². The van der Waals surface area contributed by atoms with Gasteiger partial charge in [0.2, 0.25) is 10.0 Å². The molecule has 42 heavy (non-hydrogen) atoms. The lowest BCUT2D eigenvalue weighted by molar-refractivity contribution is -0.0389. The third kappa shape index (κ3) is 4.57. The summed E-state index contributed by atoms with van der Waals surface area (Å²) >= 11 is 7.90. The van der Waals surface area contributed by atoms with Gasteiger partial charge in [-0.1, -0.05) is 17.7 Å². The van der Waals surface area contributed by atoms with Crippen LogP contribution in [0.15, 0.2) is 66.4 Å². The monoisotopic (exact) mass is 624 g/mol. The summed E-state index contributed by atoms with van der Waals surface area (Å²) in [7, 11) is -4.06. The number of pyridine rings is 1. The van der Waals surface area contributed by atoms with E-state index >= 15 is 0 Å². The van der Waals surface area contributed by atoms with Crippen molar-refractivity contribution in [2.24, 2.45) is 0 Å². The van der Waals surface area contributed by atoms with E-state index in [9.17, 15) is 13.5 Å². The van der Waals surface area contributed by atoms with E-state index < -0.39 is 26.3 Å². The van der Waals surface area contributed by atoms with Crippen molar-refractivity contribution < 1.29 is 13.5 Å². The van der Waals surface area contributed by atoms with Crippen LogP contribution in [-0.2, 0) is 22.2 Å². The van der Waals surface area contributed by atoms with Crippen LogP contribution in [0.25, 0.3) is 21.5 Å². The molecule has 7 rings (SSSR count). The SMILES string of the molecule is CC1(S(=O)(=O)n2ccc3c(-c4cnc(C5(O)CCC5)s4)ccnc32)C=C(Cl)C=CC1c1cnn(CCN2CCCC2)c1. The van der Waals surface area contributed by atoms with Gasteiger partial charge >= 0.3 is 0 Å². The number of aromatic nitrogens is 5. The molecule has 1 aliphatic heterocycles. The Balaban J connectivity index is 1.23. The Morgan fingerprint density at radius 1 is 1.12 bits per heavy atom. The van der Waals surface area contributed by atoms with Gasteiger partial charge in [0.05, 0.1) is 17.6 Å². The first-order valence-electron chi connectivity index (χ1n) is 14.4. The molecular weight excluding hydrogens is 592 g/mol. The van der Waals surface area contributed by atoms with E-state index in [0.29, 0.717) is 33.9 Å². The Morgan fingerprint density at radius 3 is 2.69 bits per heavy atom. The number of halogens is 1. The number of hydrogen-bond donors (Lipinski definition) is 1. The maximum atomic E-state index is 14.6. The molecule has 2 fully saturated rings. The van der Waals surface area contributed by atoms with Crippen molar-refractivity contribution in [1.82, 2.24) is 28.6 Å². The van der Waals surface area contributed by atoms with Crippen LogP contribution in [0.1, 0.15) is 55.5 Å². The molecule has 5 heterocycles. The molecular formula is C30H33ClN6O3S2. The van der Waals surface area contributed by atoms with E-state index in [4.69, 9.17) is 11.6 Å². The van der Waals surface area contributed by atoms with Gasteiger partial charge in [-0.15, -0.1) is 11.3 Å². The minimum Gasteiger partial charge on any atom is -0.383 e. The Kier molecular flexibility index (Phi) is 6.93. The second-order valence-electron chi connectivity index (χ2n) is 11.8. The number of aliphatic hydroxyl groups is 1. The standard InChI is InChI=1S/C30H33ClN6O3S2/c1-29(17-22(31)5-6-25(29)21-18-34-36(20-21)16-15-35-12-2-3-13-35)42(39,40)37-14-8-24-23(7-11-32-27(24)37)26-19-33-28(41-26)30(38)9-4-10-30/h5-8,11,14,17-20,25,38H,2-4,9-10,12-13,15-16H2,1H3. The van der Waals surface area contributed by atoms with E-state index in [-0.39, 0.29) is 0 Å². The van der Waals surface area contributed by atoms with Crippen LogP contribution in [0.3, 0.4) is 0 Å². The number of thiazole rings is 1. The van der Waals surface area contributed by atoms with Gasteiger partial charge in [0.1, 0.15) is 15.4 Å². The highest BCUT2D eigenvalue weighted by Gasteiger charge is 2.48. The number of nitrogens with zero attached hydrogens (tertiary/aromatic N) is 6. The summed E-state index contributed by atoms with van der Waals surface area (Å²) in [4.78, 5) is 12.3. The van der Waals surface area contributed by atoms with Gasteiger partial charge < -0.3 is 10.0 Å². The summed E-state index contributed by atoms with van der Waals surface area (Å²) in [5, 5.41) is 17.1. The summed E-state index contributed by atoms with van der Waals surface area (Å²) in [6.07, 6.45) is 18.8. The highest BCUT2D eigenvalue weighted by Crippen LogP contribution is 2.46. The summed E-state index contributed by atoms with van der Waals surface area (Å²) < 4.78 is 30.9. The maximum Gasteiger partial charge on any atom is 0.250 e. The Bertz CT molecular complexity index is 1810. The average Bonchev–Trinajstić information content (AvgIpc) is 3.77. The molecule has 2 atom stereocenters. The van der Waals surface area contributed by atoms with Crippen molar-refractivity contribution in [1.29, 1.82) is 0 Å². The molecule has 4 aromatic rings. The third-order valence-electron chi connectivity index (χ3n) is 9.07. The van der Waals surface area contributed by atoms with Crippen molar-refractivity contribution in [3.63, 3.8) is 0 Å². The topological polar surface area (TPSA) is 106 Å². The predicted molar refractivity (Wildman–Crippen MR) is 165 cm³/mol. The van der Waals surface area contributed by atoms with Crippen molar-refractivity contribution in [2.75, 3.05) is 19.6 Å². The normalized spacial score (nSPS) is 24.3. The fourth-order valence-corrected chi connectivity index (χ4v) is 9.65. The van der Waals surface area contributed by atoms with E-state index in [1.807, 2.05) is 23.0 Å². The van der Waals surface area contributed by atoms with Crippen LogP contribution >= 0.6 is 22.9 Å². The molecule has 220 valence electrons. The zero-order valence-electron chi connectivity index (χ0n) is 23.4. The summed E-state index contributed by atoms with van der Waals surface area (Å²) in [6.45, 7) is 5.62. The van der Waals surface area contributed by atoms with E-state index in [0.717, 1.165) is 48.6 Å². The van der Waals surface area contributed by atoms with Crippen LogP contribution in [0.5, 0.6) is 0 Å². The van der Waals surface area contributed by atoms with Crippen LogP contribution in [0.2, 0.25) is 0 Å². The molecule has 12 heteroatoms. The van der Waals surface area contributed by atoms with Crippen molar-refractivity contribution in [3.05, 3.63) is 76.9 Å². The van der Waals surface area contributed by atoms with E-state index in [1.165, 1.54) is 28.2 Å². The average molecular weight is 625 g/mol. The third-order valence-corrected chi connectivity index (χ3v) is 12.8. The first-order valence-corrected chi connectivity index (χ1v) is 17.0. The fraction of sp³-hybridized carbons (Fsp3) is 0.433. The molecule has 3 aliphatic rings. The minimum atomic E-state index is -4.06. The Hall–Kier alpha value is -2.83. The van der Waals surface area contributed by atoms with E-state index in [1.54, 1.807) is 49.9 Å². The molecule has 0 aromatic carbocycles. The van der Waals surface area contributed by atoms with Crippen LogP contribution in [0, 0.1) is 0 Å². The van der Waals surface area contributed by atoms with Gasteiger partial charge in [-0.2, -0.15) is 5.10 Å². The highest BCUT2D eigenvalue weighted by atomic mass is 35.5. The molecule has 0 bridgehead atoms.